The van der Waals surface area contributed by atoms with Crippen molar-refractivity contribution in [3.63, 3.8) is 0 Å². The third kappa shape index (κ3) is 2.34. The van der Waals surface area contributed by atoms with Gasteiger partial charge in [0.15, 0.2) is 5.65 Å². The van der Waals surface area contributed by atoms with Gasteiger partial charge in [0.25, 0.3) is 0 Å². The smallest absolute Gasteiger partial charge is 0.364 e. The van der Waals surface area contributed by atoms with Crippen LogP contribution in [0.2, 0.25) is 0 Å². The Morgan fingerprint density at radius 3 is 3.00 bits per heavy atom. The molecule has 0 unspecified atom stereocenters. The SMILES string of the molecule is CSC1(CNc2ccc3n[nH]c(=O)n3n2)CCCC1. The van der Waals surface area contributed by atoms with Crippen molar-refractivity contribution in [2.75, 3.05) is 18.1 Å². The van der Waals surface area contributed by atoms with E-state index >= 15 is 0 Å². The molecule has 0 atom stereocenters. The van der Waals surface area contributed by atoms with E-state index in [4.69, 9.17) is 0 Å². The molecule has 2 aromatic heterocycles. The largest absolute Gasteiger partial charge is 0.367 e. The van der Waals surface area contributed by atoms with Crippen LogP contribution in [0.25, 0.3) is 5.65 Å². The number of thioether (sulfide) groups is 1. The number of hydrogen-bond donors (Lipinski definition) is 2. The highest BCUT2D eigenvalue weighted by molar-refractivity contribution is 8.00. The fourth-order valence-corrected chi connectivity index (χ4v) is 3.53. The average Bonchev–Trinajstić information content (AvgIpc) is 3.05. The molecular weight excluding hydrogens is 262 g/mol. The number of aromatic nitrogens is 4. The molecule has 0 spiro atoms. The summed E-state index contributed by atoms with van der Waals surface area (Å²) in [7, 11) is 0. The molecule has 0 bridgehead atoms. The summed E-state index contributed by atoms with van der Waals surface area (Å²) < 4.78 is 1.60. The van der Waals surface area contributed by atoms with Crippen molar-refractivity contribution in [1.82, 2.24) is 19.8 Å². The molecule has 1 aliphatic rings. The third-order valence-electron chi connectivity index (χ3n) is 3.81. The van der Waals surface area contributed by atoms with E-state index in [1.807, 2.05) is 17.8 Å². The Bertz CT molecular complexity index is 628. The van der Waals surface area contributed by atoms with Crippen molar-refractivity contribution in [3.8, 4) is 0 Å². The van der Waals surface area contributed by atoms with Gasteiger partial charge in [-0.15, -0.1) is 5.10 Å². The van der Waals surface area contributed by atoms with E-state index in [9.17, 15) is 4.79 Å². The second-order valence-corrected chi connectivity index (χ2v) is 6.24. The lowest BCUT2D eigenvalue weighted by Crippen LogP contribution is -2.30. The van der Waals surface area contributed by atoms with Gasteiger partial charge < -0.3 is 5.32 Å². The van der Waals surface area contributed by atoms with Gasteiger partial charge in [-0.3, -0.25) is 0 Å². The molecule has 1 aliphatic carbocycles. The van der Waals surface area contributed by atoms with E-state index < -0.39 is 0 Å². The van der Waals surface area contributed by atoms with Gasteiger partial charge in [-0.25, -0.2) is 9.89 Å². The highest BCUT2D eigenvalue weighted by Gasteiger charge is 2.32. The number of hydrogen-bond acceptors (Lipinski definition) is 5. The van der Waals surface area contributed by atoms with Crippen LogP contribution in [0.1, 0.15) is 25.7 Å². The molecule has 0 radical (unpaired) electrons. The fraction of sp³-hybridized carbons (Fsp3) is 0.583. The minimum absolute atomic E-state index is 0.306. The molecule has 0 aromatic carbocycles. The summed E-state index contributed by atoms with van der Waals surface area (Å²) in [6.07, 6.45) is 7.26. The quantitative estimate of drug-likeness (QED) is 0.887. The standard InChI is InChI=1S/C12H17N5OS/c1-19-12(6-2-3-7-12)8-13-9-4-5-10-14-15-11(18)17(10)16-9/h4-5H,2-3,6-8H2,1H3,(H,13,16)(H,15,18). The number of nitrogens with one attached hydrogen (secondary N) is 2. The van der Waals surface area contributed by atoms with Crippen LogP contribution < -0.4 is 11.0 Å². The molecule has 0 saturated heterocycles. The van der Waals surface area contributed by atoms with E-state index in [1.54, 1.807) is 6.07 Å². The summed E-state index contributed by atoms with van der Waals surface area (Å²) >= 11 is 1.93. The van der Waals surface area contributed by atoms with Gasteiger partial charge in [-0.2, -0.15) is 21.4 Å². The van der Waals surface area contributed by atoms with Crippen LogP contribution in [0.4, 0.5) is 5.82 Å². The van der Waals surface area contributed by atoms with E-state index in [-0.39, 0.29) is 5.69 Å². The van der Waals surface area contributed by atoms with Crippen LogP contribution >= 0.6 is 11.8 Å². The Morgan fingerprint density at radius 1 is 1.47 bits per heavy atom. The molecule has 2 heterocycles. The zero-order chi connectivity index (χ0) is 13.3. The van der Waals surface area contributed by atoms with Crippen LogP contribution in [-0.4, -0.2) is 37.4 Å². The second-order valence-electron chi connectivity index (χ2n) is 4.97. The Hall–Kier alpha value is -1.50. The summed E-state index contributed by atoms with van der Waals surface area (Å²) in [6.45, 7) is 0.888. The Morgan fingerprint density at radius 2 is 2.26 bits per heavy atom. The molecule has 19 heavy (non-hydrogen) atoms. The first kappa shape index (κ1) is 12.5. The van der Waals surface area contributed by atoms with E-state index in [0.29, 0.717) is 10.4 Å². The molecule has 102 valence electrons. The van der Waals surface area contributed by atoms with Crippen LogP contribution in [0.3, 0.4) is 0 Å². The summed E-state index contributed by atoms with van der Waals surface area (Å²) in [5.41, 5.74) is 0.232. The van der Waals surface area contributed by atoms with Crippen molar-refractivity contribution >= 4 is 23.2 Å². The first-order valence-electron chi connectivity index (χ1n) is 6.46. The molecule has 1 saturated carbocycles. The number of aromatic amines is 1. The van der Waals surface area contributed by atoms with E-state index in [2.05, 4.69) is 26.9 Å². The lowest BCUT2D eigenvalue weighted by atomic mass is 10.1. The van der Waals surface area contributed by atoms with Crippen LogP contribution in [0, 0.1) is 0 Å². The number of H-pyrrole nitrogens is 1. The molecule has 7 heteroatoms. The van der Waals surface area contributed by atoms with Crippen molar-refractivity contribution in [3.05, 3.63) is 22.6 Å². The van der Waals surface area contributed by atoms with Gasteiger partial charge in [0.1, 0.15) is 5.82 Å². The molecule has 1 fully saturated rings. The summed E-state index contributed by atoms with van der Waals surface area (Å²) in [5, 5.41) is 13.8. The highest BCUT2D eigenvalue weighted by atomic mass is 32.2. The molecular formula is C12H17N5OS. The van der Waals surface area contributed by atoms with Gasteiger partial charge in [0.05, 0.1) is 0 Å². The molecule has 2 N–H and O–H groups in total. The van der Waals surface area contributed by atoms with Crippen molar-refractivity contribution in [2.24, 2.45) is 0 Å². The molecule has 0 aliphatic heterocycles. The summed E-state index contributed by atoms with van der Waals surface area (Å²) in [6, 6.07) is 3.65. The van der Waals surface area contributed by atoms with Crippen LogP contribution in [0.5, 0.6) is 0 Å². The first-order valence-corrected chi connectivity index (χ1v) is 7.68. The maximum absolute atomic E-state index is 11.5. The third-order valence-corrected chi connectivity index (χ3v) is 5.23. The van der Waals surface area contributed by atoms with Gasteiger partial charge in [-0.05, 0) is 31.2 Å². The first-order chi connectivity index (χ1) is 9.22. The van der Waals surface area contributed by atoms with Crippen LogP contribution in [-0.2, 0) is 0 Å². The van der Waals surface area contributed by atoms with Crippen molar-refractivity contribution in [2.45, 2.75) is 30.4 Å². The van der Waals surface area contributed by atoms with Crippen molar-refractivity contribution in [1.29, 1.82) is 0 Å². The Labute approximate surface area is 115 Å². The lowest BCUT2D eigenvalue weighted by Gasteiger charge is -2.27. The number of nitrogens with zero attached hydrogens (tertiary/aromatic N) is 3. The van der Waals surface area contributed by atoms with E-state index in [0.717, 1.165) is 12.4 Å². The number of fused-ring (bicyclic) bond motifs is 1. The predicted molar refractivity (Wildman–Crippen MR) is 76.8 cm³/mol. The fourth-order valence-electron chi connectivity index (χ4n) is 2.62. The van der Waals surface area contributed by atoms with Gasteiger partial charge in [0.2, 0.25) is 0 Å². The number of rotatable bonds is 4. The maximum Gasteiger partial charge on any atom is 0.364 e. The molecule has 3 rings (SSSR count). The van der Waals surface area contributed by atoms with Crippen LogP contribution in [0.15, 0.2) is 16.9 Å². The summed E-state index contributed by atoms with van der Waals surface area (Å²) in [5.74, 6) is 0.719. The van der Waals surface area contributed by atoms with Crippen molar-refractivity contribution < 1.29 is 0 Å². The zero-order valence-corrected chi connectivity index (χ0v) is 11.7. The van der Waals surface area contributed by atoms with Gasteiger partial charge >= 0.3 is 5.69 Å². The normalized spacial score (nSPS) is 17.9. The highest BCUT2D eigenvalue weighted by Crippen LogP contribution is 2.40. The topological polar surface area (TPSA) is 75.1 Å². The summed E-state index contributed by atoms with van der Waals surface area (Å²) in [4.78, 5) is 11.5. The maximum atomic E-state index is 11.5. The zero-order valence-electron chi connectivity index (χ0n) is 10.8. The Balaban J connectivity index is 1.77. The molecule has 0 amide bonds. The molecule has 6 nitrogen and oxygen atoms in total. The predicted octanol–water partition coefficient (Wildman–Crippen LogP) is 1.51. The molecule has 2 aromatic rings. The average molecular weight is 279 g/mol. The second kappa shape index (κ2) is 4.88. The minimum Gasteiger partial charge on any atom is -0.367 e. The van der Waals surface area contributed by atoms with E-state index in [1.165, 1.54) is 30.2 Å². The minimum atomic E-state index is -0.306. The monoisotopic (exact) mass is 279 g/mol. The Kier molecular flexibility index (Phi) is 3.22. The number of anilines is 1. The lowest BCUT2D eigenvalue weighted by molar-refractivity contribution is 0.637. The van der Waals surface area contributed by atoms with Gasteiger partial charge in [-0.1, -0.05) is 12.8 Å². The van der Waals surface area contributed by atoms with Gasteiger partial charge in [0, 0.05) is 11.3 Å².